The summed E-state index contributed by atoms with van der Waals surface area (Å²) in [7, 11) is 0. The fourth-order valence-electron chi connectivity index (χ4n) is 1.96. The molecule has 0 aromatic heterocycles. The lowest BCUT2D eigenvalue weighted by atomic mass is 10.2. The third kappa shape index (κ3) is 15.4. The van der Waals surface area contributed by atoms with Gasteiger partial charge in [0.05, 0.1) is 13.0 Å². The molecule has 0 saturated carbocycles. The number of rotatable bonds is 7. The van der Waals surface area contributed by atoms with Gasteiger partial charge in [0.25, 0.3) is 0 Å². The Balaban J connectivity index is 4.87. The largest absolute Gasteiger partial charge is 0.460 e. The van der Waals surface area contributed by atoms with Crippen LogP contribution in [-0.4, -0.2) is 60.0 Å². The Kier molecular flexibility index (Phi) is 10.1. The second-order valence-corrected chi connectivity index (χ2v) is 9.71. The fourth-order valence-corrected chi connectivity index (χ4v) is 1.96. The Morgan fingerprint density at radius 3 is 1.63 bits per heavy atom. The average molecular weight is 432 g/mol. The van der Waals surface area contributed by atoms with E-state index in [9.17, 15) is 19.2 Å². The van der Waals surface area contributed by atoms with Crippen LogP contribution in [0.3, 0.4) is 0 Å². The van der Waals surface area contributed by atoms with Gasteiger partial charge >= 0.3 is 18.2 Å². The zero-order valence-corrected chi connectivity index (χ0v) is 19.6. The summed E-state index contributed by atoms with van der Waals surface area (Å²) < 4.78 is 15.5. The van der Waals surface area contributed by atoms with Gasteiger partial charge in [-0.05, 0) is 62.3 Å². The van der Waals surface area contributed by atoms with Crippen molar-refractivity contribution in [1.29, 1.82) is 0 Å². The molecule has 0 radical (unpaired) electrons. The van der Waals surface area contributed by atoms with Crippen molar-refractivity contribution in [1.82, 2.24) is 16.0 Å². The van der Waals surface area contributed by atoms with Crippen molar-refractivity contribution in [2.24, 2.45) is 0 Å². The van der Waals surface area contributed by atoms with Crippen molar-refractivity contribution in [3.63, 3.8) is 0 Å². The highest BCUT2D eigenvalue weighted by Crippen LogP contribution is 2.09. The molecule has 0 saturated heterocycles. The number of carbonyl (C=O) groups is 4. The van der Waals surface area contributed by atoms with Crippen LogP contribution in [0.25, 0.3) is 0 Å². The van der Waals surface area contributed by atoms with Crippen LogP contribution in [0.5, 0.6) is 0 Å². The van der Waals surface area contributed by atoms with Crippen LogP contribution in [0.1, 0.15) is 68.7 Å². The second kappa shape index (κ2) is 11.0. The molecule has 0 fully saturated rings. The Hall–Kier alpha value is -2.52. The van der Waals surface area contributed by atoms with E-state index in [1.807, 2.05) is 0 Å². The highest BCUT2D eigenvalue weighted by Gasteiger charge is 2.26. The van der Waals surface area contributed by atoms with Crippen molar-refractivity contribution >= 4 is 24.1 Å². The fraction of sp³-hybridized carbons (Fsp3) is 0.800. The topological polar surface area (TPSA) is 132 Å². The maximum absolute atomic E-state index is 12.5. The number of nitrogens with one attached hydrogen (secondary N) is 3. The standard InChI is InChI=1S/C20H37N3O7/c1-18(2,3)28-14(24)10-11-21-15(25)13(23-17(27)30-20(7,8)9)12-22-16(26)29-19(4,5)6/h13H,10-12H2,1-9H3,(H,21,25)(H,22,26)(H,23,27)/t13-/m0/s1. The van der Waals surface area contributed by atoms with E-state index >= 15 is 0 Å². The molecule has 3 amide bonds. The van der Waals surface area contributed by atoms with E-state index in [1.54, 1.807) is 62.3 Å². The SMILES string of the molecule is CC(C)(C)OC(=O)CCNC(=O)[C@H](CNC(=O)OC(C)(C)C)NC(=O)OC(C)(C)C. The average Bonchev–Trinajstić information content (AvgIpc) is 2.45. The molecule has 0 aromatic rings. The van der Waals surface area contributed by atoms with E-state index < -0.39 is 46.9 Å². The molecule has 3 N–H and O–H groups in total. The molecule has 0 rings (SSSR count). The van der Waals surface area contributed by atoms with Crippen LogP contribution in [0.2, 0.25) is 0 Å². The molecular formula is C20H37N3O7. The maximum atomic E-state index is 12.5. The normalized spacial score (nSPS) is 13.0. The zero-order chi connectivity index (χ0) is 23.8. The molecule has 0 unspecified atom stereocenters. The number of ether oxygens (including phenoxy) is 3. The minimum atomic E-state index is -1.13. The Labute approximate surface area is 178 Å². The summed E-state index contributed by atoms with van der Waals surface area (Å²) in [5.74, 6) is -1.06. The third-order valence-electron chi connectivity index (χ3n) is 2.91. The zero-order valence-electron chi connectivity index (χ0n) is 19.6. The first-order valence-corrected chi connectivity index (χ1v) is 9.84. The molecule has 10 nitrogen and oxygen atoms in total. The minimum absolute atomic E-state index is 0.00663. The molecule has 0 aliphatic carbocycles. The van der Waals surface area contributed by atoms with Gasteiger partial charge in [0.1, 0.15) is 22.8 Å². The van der Waals surface area contributed by atoms with E-state index in [1.165, 1.54) is 0 Å². The number of alkyl carbamates (subject to hydrolysis) is 2. The Morgan fingerprint density at radius 1 is 0.700 bits per heavy atom. The van der Waals surface area contributed by atoms with Gasteiger partial charge in [-0.25, -0.2) is 9.59 Å². The van der Waals surface area contributed by atoms with Crippen molar-refractivity contribution in [2.45, 2.75) is 91.6 Å². The van der Waals surface area contributed by atoms with Gasteiger partial charge in [-0.3, -0.25) is 9.59 Å². The van der Waals surface area contributed by atoms with Gasteiger partial charge < -0.3 is 30.2 Å². The smallest absolute Gasteiger partial charge is 0.408 e. The Bertz CT molecular complexity index is 613. The molecule has 0 spiro atoms. The minimum Gasteiger partial charge on any atom is -0.460 e. The van der Waals surface area contributed by atoms with E-state index in [4.69, 9.17) is 14.2 Å². The van der Waals surface area contributed by atoms with Crippen LogP contribution in [0.15, 0.2) is 0 Å². The summed E-state index contributed by atoms with van der Waals surface area (Å²) in [6, 6.07) is -1.13. The predicted molar refractivity (Wildman–Crippen MR) is 111 cm³/mol. The quantitative estimate of drug-likeness (QED) is 0.416. The monoisotopic (exact) mass is 431 g/mol. The van der Waals surface area contributed by atoms with Gasteiger partial charge in [-0.2, -0.15) is 0 Å². The number of hydrogen-bond donors (Lipinski definition) is 3. The number of carbonyl (C=O) groups excluding carboxylic acids is 4. The number of esters is 1. The van der Waals surface area contributed by atoms with Crippen LogP contribution < -0.4 is 16.0 Å². The maximum Gasteiger partial charge on any atom is 0.408 e. The molecule has 0 heterocycles. The molecular weight excluding hydrogens is 394 g/mol. The number of amides is 3. The van der Waals surface area contributed by atoms with Gasteiger partial charge in [-0.15, -0.1) is 0 Å². The van der Waals surface area contributed by atoms with Crippen LogP contribution in [-0.2, 0) is 23.8 Å². The summed E-state index contributed by atoms with van der Waals surface area (Å²) in [5, 5.41) is 7.38. The van der Waals surface area contributed by atoms with Gasteiger partial charge in [-0.1, -0.05) is 0 Å². The summed E-state index contributed by atoms with van der Waals surface area (Å²) >= 11 is 0. The van der Waals surface area contributed by atoms with Gasteiger partial charge in [0, 0.05) is 6.54 Å². The van der Waals surface area contributed by atoms with Crippen LogP contribution in [0, 0.1) is 0 Å². The molecule has 0 bridgehead atoms. The molecule has 0 aliphatic rings. The van der Waals surface area contributed by atoms with Crippen LogP contribution in [0.4, 0.5) is 9.59 Å². The molecule has 30 heavy (non-hydrogen) atoms. The first-order chi connectivity index (χ1) is 13.4. The summed E-state index contributed by atoms with van der Waals surface area (Å²) in [6.45, 7) is 15.2. The number of hydrogen-bond acceptors (Lipinski definition) is 7. The lowest BCUT2D eigenvalue weighted by molar-refractivity contribution is -0.154. The van der Waals surface area contributed by atoms with E-state index in [0.29, 0.717) is 0 Å². The summed E-state index contributed by atoms with van der Waals surface area (Å²) in [4.78, 5) is 48.2. The third-order valence-corrected chi connectivity index (χ3v) is 2.91. The first-order valence-electron chi connectivity index (χ1n) is 9.84. The van der Waals surface area contributed by atoms with Gasteiger partial charge in [0.15, 0.2) is 0 Å². The molecule has 1 atom stereocenters. The van der Waals surface area contributed by atoms with Crippen molar-refractivity contribution in [2.75, 3.05) is 13.1 Å². The Morgan fingerprint density at radius 2 is 1.17 bits per heavy atom. The lowest BCUT2D eigenvalue weighted by Crippen LogP contribution is -2.54. The molecule has 10 heteroatoms. The molecule has 0 aromatic carbocycles. The van der Waals surface area contributed by atoms with Crippen molar-refractivity contribution < 1.29 is 33.4 Å². The summed E-state index contributed by atoms with van der Waals surface area (Å²) in [6.07, 6.45) is -1.59. The molecule has 0 aliphatic heterocycles. The van der Waals surface area contributed by atoms with Crippen molar-refractivity contribution in [3.05, 3.63) is 0 Å². The highest BCUT2D eigenvalue weighted by molar-refractivity contribution is 5.86. The van der Waals surface area contributed by atoms with E-state index in [-0.39, 0.29) is 19.5 Å². The van der Waals surface area contributed by atoms with Crippen LogP contribution >= 0.6 is 0 Å². The predicted octanol–water partition coefficient (Wildman–Crippen LogP) is 2.25. The highest BCUT2D eigenvalue weighted by atomic mass is 16.6. The lowest BCUT2D eigenvalue weighted by Gasteiger charge is -2.24. The first kappa shape index (κ1) is 27.5. The van der Waals surface area contributed by atoms with Crippen molar-refractivity contribution in [3.8, 4) is 0 Å². The van der Waals surface area contributed by atoms with E-state index in [0.717, 1.165) is 0 Å². The second-order valence-electron chi connectivity index (χ2n) is 9.71. The van der Waals surface area contributed by atoms with Gasteiger partial charge in [0.2, 0.25) is 5.91 Å². The van der Waals surface area contributed by atoms with E-state index in [2.05, 4.69) is 16.0 Å². The molecule has 174 valence electrons. The summed E-state index contributed by atoms with van der Waals surface area (Å²) in [5.41, 5.74) is -2.10.